The maximum Gasteiger partial charge on any atom is 0.175 e. The predicted molar refractivity (Wildman–Crippen MR) is 115 cm³/mol. The molecule has 0 N–H and O–H groups in total. The minimum atomic E-state index is 0.447. The van der Waals surface area contributed by atoms with Crippen molar-refractivity contribution in [1.29, 1.82) is 5.26 Å². The topological polar surface area (TPSA) is 88.1 Å². The van der Waals surface area contributed by atoms with Gasteiger partial charge in [0, 0.05) is 45.5 Å². The van der Waals surface area contributed by atoms with E-state index < -0.39 is 0 Å². The first-order chi connectivity index (χ1) is 14.7. The summed E-state index contributed by atoms with van der Waals surface area (Å²) in [6.45, 7) is 6.51. The van der Waals surface area contributed by atoms with Crippen LogP contribution in [-0.4, -0.2) is 81.2 Å². The van der Waals surface area contributed by atoms with Crippen LogP contribution in [-0.2, 0) is 16.0 Å². The normalized spacial score (nSPS) is 14.8. The molecule has 0 spiro atoms. The second-order valence-corrected chi connectivity index (χ2v) is 6.85. The van der Waals surface area contributed by atoms with E-state index in [1.165, 1.54) is 19.2 Å². The van der Waals surface area contributed by atoms with Crippen molar-refractivity contribution in [2.75, 3.05) is 65.1 Å². The zero-order valence-corrected chi connectivity index (χ0v) is 17.5. The molecular formula is C21H28N6O3. The van der Waals surface area contributed by atoms with Crippen molar-refractivity contribution in [3.63, 3.8) is 0 Å². The number of methoxy groups -OCH3 is 2. The zero-order chi connectivity index (χ0) is 21.2. The highest BCUT2D eigenvalue weighted by molar-refractivity contribution is 5.58. The van der Waals surface area contributed by atoms with Crippen LogP contribution in [0.15, 0.2) is 35.5 Å². The van der Waals surface area contributed by atoms with Crippen molar-refractivity contribution >= 4 is 17.9 Å². The van der Waals surface area contributed by atoms with Crippen molar-refractivity contribution in [3.05, 3.63) is 36.0 Å². The minimum Gasteiger partial charge on any atom is -0.491 e. The van der Waals surface area contributed by atoms with Gasteiger partial charge in [-0.1, -0.05) is 0 Å². The molecule has 0 radical (unpaired) electrons. The monoisotopic (exact) mass is 412 g/mol. The van der Waals surface area contributed by atoms with Crippen LogP contribution in [0, 0.1) is 11.3 Å². The Morgan fingerprint density at radius 2 is 1.87 bits per heavy atom. The van der Waals surface area contributed by atoms with Crippen molar-refractivity contribution < 1.29 is 14.2 Å². The first kappa shape index (κ1) is 21.6. The molecule has 2 aromatic rings. The molecule has 9 heteroatoms. The molecule has 1 aliphatic rings. The zero-order valence-electron chi connectivity index (χ0n) is 17.5. The molecule has 160 valence electrons. The van der Waals surface area contributed by atoms with E-state index in [2.05, 4.69) is 38.1 Å². The van der Waals surface area contributed by atoms with Gasteiger partial charge in [0.15, 0.2) is 12.2 Å². The molecular weight excluding hydrogens is 384 g/mol. The van der Waals surface area contributed by atoms with E-state index in [1.54, 1.807) is 18.0 Å². The van der Waals surface area contributed by atoms with E-state index in [9.17, 15) is 5.26 Å². The lowest BCUT2D eigenvalue weighted by Crippen LogP contribution is -2.47. The number of anilines is 1. The number of hydrogen-bond acceptors (Lipinski definition) is 8. The Morgan fingerprint density at radius 1 is 1.10 bits per heavy atom. The number of aliphatic imine (C=N–C) groups is 1. The fourth-order valence-corrected chi connectivity index (χ4v) is 3.32. The highest BCUT2D eigenvalue weighted by atomic mass is 16.5. The third-order valence-corrected chi connectivity index (χ3v) is 4.97. The fraction of sp³-hybridized carbons (Fsp3) is 0.476. The summed E-state index contributed by atoms with van der Waals surface area (Å²) >= 11 is 0. The first-order valence-electron chi connectivity index (χ1n) is 9.95. The molecule has 0 atom stereocenters. The van der Waals surface area contributed by atoms with E-state index in [0.717, 1.165) is 38.5 Å². The van der Waals surface area contributed by atoms with Gasteiger partial charge in [0.1, 0.15) is 24.0 Å². The maximum absolute atomic E-state index is 9.21. The lowest BCUT2D eigenvalue weighted by atomic mass is 10.2. The van der Waals surface area contributed by atoms with Crippen molar-refractivity contribution in [2.45, 2.75) is 6.54 Å². The van der Waals surface area contributed by atoms with Crippen LogP contribution in [0.4, 0.5) is 11.5 Å². The number of piperazine rings is 1. The summed E-state index contributed by atoms with van der Waals surface area (Å²) in [5, 5.41) is 13.5. The van der Waals surface area contributed by atoms with Gasteiger partial charge in [0.25, 0.3) is 0 Å². The third kappa shape index (κ3) is 5.72. The molecule has 30 heavy (non-hydrogen) atoms. The summed E-state index contributed by atoms with van der Waals surface area (Å²) < 4.78 is 17.3. The van der Waals surface area contributed by atoms with Gasteiger partial charge in [0.05, 0.1) is 26.5 Å². The van der Waals surface area contributed by atoms with Crippen LogP contribution in [0.25, 0.3) is 0 Å². The summed E-state index contributed by atoms with van der Waals surface area (Å²) in [6.07, 6.45) is 2.87. The molecule has 0 amide bonds. The fourth-order valence-electron chi connectivity index (χ4n) is 3.32. The summed E-state index contributed by atoms with van der Waals surface area (Å²) in [7, 11) is 3.19. The average molecular weight is 412 g/mol. The Balaban J connectivity index is 1.48. The standard InChI is InChI=1S/C21H28N6O3/c1-28-13-14-30-20-5-3-19(4-6-20)26-10-7-25(8-11-26)9-12-27-21(23-17-29-2)18(15-22)16-24-27/h3-6,16-17H,7-14H2,1-2H3/b23-17-. The van der Waals surface area contributed by atoms with Crippen molar-refractivity contribution in [1.82, 2.24) is 14.7 Å². The molecule has 0 bridgehead atoms. The van der Waals surface area contributed by atoms with Crippen molar-refractivity contribution in [3.8, 4) is 11.8 Å². The van der Waals surface area contributed by atoms with Crippen LogP contribution in [0.5, 0.6) is 5.75 Å². The van der Waals surface area contributed by atoms with Crippen LogP contribution >= 0.6 is 0 Å². The minimum absolute atomic E-state index is 0.447. The number of nitriles is 1. The maximum atomic E-state index is 9.21. The first-order valence-corrected chi connectivity index (χ1v) is 9.95. The number of rotatable bonds is 10. The van der Waals surface area contributed by atoms with E-state index in [4.69, 9.17) is 14.2 Å². The Kier molecular flexibility index (Phi) is 8.06. The van der Waals surface area contributed by atoms with Gasteiger partial charge in [-0.15, -0.1) is 0 Å². The van der Waals surface area contributed by atoms with E-state index in [0.29, 0.717) is 31.1 Å². The molecule has 0 unspecified atom stereocenters. The Bertz CT molecular complexity index is 851. The summed E-state index contributed by atoms with van der Waals surface area (Å²) in [6, 6.07) is 10.3. The molecule has 1 aliphatic heterocycles. The second kappa shape index (κ2) is 11.2. The Labute approximate surface area is 177 Å². The molecule has 1 aromatic heterocycles. The van der Waals surface area contributed by atoms with Gasteiger partial charge in [-0.25, -0.2) is 4.68 Å². The average Bonchev–Trinajstić information content (AvgIpc) is 3.19. The molecule has 3 rings (SSSR count). The van der Waals surface area contributed by atoms with Crippen LogP contribution in [0.3, 0.4) is 0 Å². The van der Waals surface area contributed by atoms with Gasteiger partial charge >= 0.3 is 0 Å². The highest BCUT2D eigenvalue weighted by Gasteiger charge is 2.18. The molecule has 2 heterocycles. The Hall–Kier alpha value is -3.09. The van der Waals surface area contributed by atoms with Crippen molar-refractivity contribution in [2.24, 2.45) is 4.99 Å². The quantitative estimate of drug-likeness (QED) is 0.335. The molecule has 9 nitrogen and oxygen atoms in total. The van der Waals surface area contributed by atoms with Crippen LogP contribution in [0.1, 0.15) is 5.56 Å². The summed E-state index contributed by atoms with van der Waals surface area (Å²) in [5.41, 5.74) is 1.65. The van der Waals surface area contributed by atoms with Gasteiger partial charge in [-0.3, -0.25) is 4.90 Å². The number of ether oxygens (including phenoxy) is 3. The second-order valence-electron chi connectivity index (χ2n) is 6.85. The third-order valence-electron chi connectivity index (χ3n) is 4.97. The van der Waals surface area contributed by atoms with E-state index in [1.807, 2.05) is 12.1 Å². The highest BCUT2D eigenvalue weighted by Crippen LogP contribution is 2.21. The largest absolute Gasteiger partial charge is 0.491 e. The van der Waals surface area contributed by atoms with Gasteiger partial charge in [-0.05, 0) is 24.3 Å². The number of hydrogen-bond donors (Lipinski definition) is 0. The van der Waals surface area contributed by atoms with Gasteiger partial charge in [0.2, 0.25) is 0 Å². The lowest BCUT2D eigenvalue weighted by Gasteiger charge is -2.36. The molecule has 1 saturated heterocycles. The molecule has 0 aliphatic carbocycles. The predicted octanol–water partition coefficient (Wildman–Crippen LogP) is 1.91. The van der Waals surface area contributed by atoms with E-state index in [-0.39, 0.29) is 0 Å². The van der Waals surface area contributed by atoms with Gasteiger partial charge in [-0.2, -0.15) is 15.4 Å². The molecule has 1 fully saturated rings. The SMILES string of the molecule is CO/C=N\c1c(C#N)cnn1CCN1CCN(c2ccc(OCCOC)cc2)CC1. The number of nitrogens with zero attached hydrogens (tertiary/aromatic N) is 6. The smallest absolute Gasteiger partial charge is 0.175 e. The number of aromatic nitrogens is 2. The Morgan fingerprint density at radius 3 is 2.53 bits per heavy atom. The van der Waals surface area contributed by atoms with Crippen LogP contribution in [0.2, 0.25) is 0 Å². The van der Waals surface area contributed by atoms with Gasteiger partial charge < -0.3 is 19.1 Å². The molecule has 0 saturated carbocycles. The van der Waals surface area contributed by atoms with E-state index >= 15 is 0 Å². The lowest BCUT2D eigenvalue weighted by molar-refractivity contribution is 0.146. The summed E-state index contributed by atoms with van der Waals surface area (Å²) in [4.78, 5) is 8.97. The number of benzene rings is 1. The summed E-state index contributed by atoms with van der Waals surface area (Å²) in [5.74, 6) is 1.39. The molecule has 1 aromatic carbocycles. The van der Waals surface area contributed by atoms with Crippen LogP contribution < -0.4 is 9.64 Å².